The molecule has 1 aliphatic rings. The Balaban J connectivity index is 2.12. The highest BCUT2D eigenvalue weighted by atomic mass is 35.5. The van der Waals surface area contributed by atoms with Crippen molar-refractivity contribution in [2.75, 3.05) is 24.7 Å². The molecule has 6 nitrogen and oxygen atoms in total. The quantitative estimate of drug-likeness (QED) is 0.610. The molecular weight excluding hydrogens is 298 g/mol. The van der Waals surface area contributed by atoms with Gasteiger partial charge in [0.05, 0.1) is 18.8 Å². The van der Waals surface area contributed by atoms with Gasteiger partial charge in [-0.25, -0.2) is 0 Å². The topological polar surface area (TPSA) is 72.9 Å². The molecule has 0 aromatic heterocycles. The number of ether oxygens (including phenoxy) is 2. The van der Waals surface area contributed by atoms with Crippen molar-refractivity contribution in [3.05, 3.63) is 23.2 Å². The van der Waals surface area contributed by atoms with E-state index in [1.54, 1.807) is 25.1 Å². The summed E-state index contributed by atoms with van der Waals surface area (Å²) in [5.41, 5.74) is 0.427. The Hall–Kier alpha value is -2.08. The third kappa shape index (κ3) is 3.72. The number of carbonyl (C=O) groups excluding carboxylic acids is 3. The van der Waals surface area contributed by atoms with Crippen LogP contribution in [0.3, 0.4) is 0 Å². The number of rotatable bonds is 5. The molecule has 0 aliphatic carbocycles. The Labute approximate surface area is 126 Å². The number of ketones is 1. The fraction of sp³-hybridized carbons (Fsp3) is 0.357. The molecule has 0 spiro atoms. The first-order valence-corrected chi connectivity index (χ1v) is 6.79. The zero-order chi connectivity index (χ0) is 15.4. The first-order chi connectivity index (χ1) is 10.0. The number of amides is 1. The van der Waals surface area contributed by atoms with Gasteiger partial charge in [-0.2, -0.15) is 0 Å². The average molecular weight is 312 g/mol. The second kappa shape index (κ2) is 6.58. The van der Waals surface area contributed by atoms with Gasteiger partial charge in [0, 0.05) is 5.02 Å². The van der Waals surface area contributed by atoms with E-state index < -0.39 is 11.8 Å². The van der Waals surface area contributed by atoms with Gasteiger partial charge in [0.1, 0.15) is 12.2 Å². The molecule has 0 fully saturated rings. The Morgan fingerprint density at radius 3 is 2.90 bits per heavy atom. The molecule has 1 aliphatic heterocycles. The van der Waals surface area contributed by atoms with E-state index in [1.807, 2.05) is 0 Å². The van der Waals surface area contributed by atoms with Gasteiger partial charge in [0.15, 0.2) is 12.4 Å². The lowest BCUT2D eigenvalue weighted by Gasteiger charge is -2.28. The Bertz CT molecular complexity index is 587. The zero-order valence-corrected chi connectivity index (χ0v) is 12.2. The van der Waals surface area contributed by atoms with Crippen LogP contribution in [0.5, 0.6) is 5.75 Å². The molecule has 0 atom stereocenters. The highest BCUT2D eigenvalue weighted by Gasteiger charge is 2.28. The number of benzene rings is 1. The van der Waals surface area contributed by atoms with Crippen LogP contribution < -0.4 is 9.64 Å². The summed E-state index contributed by atoms with van der Waals surface area (Å²) in [4.78, 5) is 36.3. The molecule has 0 saturated carbocycles. The third-order valence-corrected chi connectivity index (χ3v) is 3.08. The molecule has 112 valence electrons. The van der Waals surface area contributed by atoms with Crippen LogP contribution in [0, 0.1) is 0 Å². The molecule has 1 heterocycles. The molecule has 0 N–H and O–H groups in total. The van der Waals surface area contributed by atoms with Crippen molar-refractivity contribution in [2.24, 2.45) is 0 Å². The van der Waals surface area contributed by atoms with E-state index in [-0.39, 0.29) is 32.1 Å². The molecule has 0 unspecified atom stereocenters. The van der Waals surface area contributed by atoms with Gasteiger partial charge in [-0.05, 0) is 25.1 Å². The average Bonchev–Trinajstić information content (AvgIpc) is 2.42. The van der Waals surface area contributed by atoms with Gasteiger partial charge >= 0.3 is 5.97 Å². The van der Waals surface area contributed by atoms with Crippen molar-refractivity contribution >= 4 is 34.9 Å². The van der Waals surface area contributed by atoms with Crippen LogP contribution in [0.1, 0.15) is 13.3 Å². The van der Waals surface area contributed by atoms with E-state index in [2.05, 4.69) is 0 Å². The largest absolute Gasteiger partial charge is 0.482 e. The number of nitrogens with zero attached hydrogens (tertiary/aromatic N) is 1. The Kier molecular flexibility index (Phi) is 4.80. The van der Waals surface area contributed by atoms with Crippen LogP contribution in [0.4, 0.5) is 5.69 Å². The molecule has 0 saturated heterocycles. The van der Waals surface area contributed by atoms with Crippen molar-refractivity contribution in [3.8, 4) is 5.75 Å². The maximum atomic E-state index is 11.9. The summed E-state index contributed by atoms with van der Waals surface area (Å²) in [7, 11) is 0. The lowest BCUT2D eigenvalue weighted by atomic mass is 10.2. The maximum Gasteiger partial charge on any atom is 0.313 e. The van der Waals surface area contributed by atoms with Crippen LogP contribution >= 0.6 is 11.6 Å². The highest BCUT2D eigenvalue weighted by molar-refractivity contribution is 6.31. The lowest BCUT2D eigenvalue weighted by molar-refractivity contribution is -0.145. The number of hydrogen-bond acceptors (Lipinski definition) is 5. The molecule has 1 amide bonds. The fourth-order valence-corrected chi connectivity index (χ4v) is 2.12. The predicted molar refractivity (Wildman–Crippen MR) is 75.6 cm³/mol. The summed E-state index contributed by atoms with van der Waals surface area (Å²) in [5.74, 6) is -0.894. The minimum atomic E-state index is -0.602. The van der Waals surface area contributed by atoms with Gasteiger partial charge in [-0.15, -0.1) is 0 Å². The first-order valence-electron chi connectivity index (χ1n) is 6.41. The molecule has 1 aromatic rings. The molecule has 0 bridgehead atoms. The van der Waals surface area contributed by atoms with Crippen LogP contribution in [0.2, 0.25) is 5.02 Å². The van der Waals surface area contributed by atoms with Crippen LogP contribution in [-0.4, -0.2) is 37.4 Å². The summed E-state index contributed by atoms with van der Waals surface area (Å²) in [5, 5.41) is 0.426. The van der Waals surface area contributed by atoms with E-state index in [0.717, 1.165) is 0 Å². The minimum absolute atomic E-state index is 0.151. The number of carbonyl (C=O) groups is 3. The molecule has 7 heteroatoms. The molecule has 1 aromatic carbocycles. The Morgan fingerprint density at radius 1 is 1.43 bits per heavy atom. The van der Waals surface area contributed by atoms with Crippen molar-refractivity contribution < 1.29 is 23.9 Å². The zero-order valence-electron chi connectivity index (χ0n) is 11.4. The van der Waals surface area contributed by atoms with Crippen molar-refractivity contribution in [1.29, 1.82) is 0 Å². The second-order valence-electron chi connectivity index (χ2n) is 4.40. The molecule has 0 radical (unpaired) electrons. The van der Waals surface area contributed by atoms with Crippen LogP contribution in [-0.2, 0) is 19.1 Å². The number of esters is 1. The van der Waals surface area contributed by atoms with Crippen LogP contribution in [0.25, 0.3) is 0 Å². The van der Waals surface area contributed by atoms with Gasteiger partial charge in [-0.3, -0.25) is 19.3 Å². The fourth-order valence-electron chi connectivity index (χ4n) is 1.95. The predicted octanol–water partition coefficient (Wildman–Crippen LogP) is 1.59. The highest BCUT2D eigenvalue weighted by Crippen LogP contribution is 2.34. The molecule has 2 rings (SSSR count). The monoisotopic (exact) mass is 311 g/mol. The lowest BCUT2D eigenvalue weighted by Crippen LogP contribution is -2.42. The number of fused-ring (bicyclic) bond motifs is 1. The van der Waals surface area contributed by atoms with Crippen molar-refractivity contribution in [1.82, 2.24) is 0 Å². The number of hydrogen-bond donors (Lipinski definition) is 0. The maximum absolute atomic E-state index is 11.9. The summed E-state index contributed by atoms with van der Waals surface area (Å²) >= 11 is 5.90. The van der Waals surface area contributed by atoms with Crippen molar-refractivity contribution in [3.63, 3.8) is 0 Å². The van der Waals surface area contributed by atoms with Gasteiger partial charge in [-0.1, -0.05) is 11.6 Å². The van der Waals surface area contributed by atoms with Gasteiger partial charge in [0.2, 0.25) is 0 Å². The minimum Gasteiger partial charge on any atom is -0.482 e. The third-order valence-electron chi connectivity index (χ3n) is 2.85. The Morgan fingerprint density at radius 2 is 2.19 bits per heavy atom. The molecule has 21 heavy (non-hydrogen) atoms. The standard InChI is InChI=1S/C14H14ClNO5/c1-2-20-14(19)6-10(17)7-16-11-5-9(15)3-4-12(11)21-8-13(16)18/h3-5H,2,6-8H2,1H3. The van der Waals surface area contributed by atoms with E-state index in [1.165, 1.54) is 4.90 Å². The van der Waals surface area contributed by atoms with Crippen LogP contribution in [0.15, 0.2) is 18.2 Å². The summed E-state index contributed by atoms with van der Waals surface area (Å²) in [6, 6.07) is 4.81. The van der Waals surface area contributed by atoms with Crippen molar-refractivity contribution in [2.45, 2.75) is 13.3 Å². The first kappa shape index (κ1) is 15.3. The van der Waals surface area contributed by atoms with E-state index in [4.69, 9.17) is 21.1 Å². The normalized spacial score (nSPS) is 13.4. The summed E-state index contributed by atoms with van der Waals surface area (Å²) in [6.07, 6.45) is -0.367. The number of Topliss-reactive ketones (excluding diaryl/α,β-unsaturated/α-hetero) is 1. The van der Waals surface area contributed by atoms with E-state index in [0.29, 0.717) is 16.5 Å². The number of halogens is 1. The van der Waals surface area contributed by atoms with E-state index >= 15 is 0 Å². The summed E-state index contributed by atoms with van der Waals surface area (Å²) in [6.45, 7) is 1.50. The van der Waals surface area contributed by atoms with Gasteiger partial charge < -0.3 is 9.47 Å². The smallest absolute Gasteiger partial charge is 0.313 e. The number of anilines is 1. The second-order valence-corrected chi connectivity index (χ2v) is 4.84. The van der Waals surface area contributed by atoms with Gasteiger partial charge in [0.25, 0.3) is 5.91 Å². The molecular formula is C14H14ClNO5. The SMILES string of the molecule is CCOC(=O)CC(=O)CN1C(=O)COc2ccc(Cl)cc21. The summed E-state index contributed by atoms with van der Waals surface area (Å²) < 4.78 is 9.98. The van der Waals surface area contributed by atoms with E-state index in [9.17, 15) is 14.4 Å².